The van der Waals surface area contributed by atoms with Crippen molar-refractivity contribution in [1.29, 1.82) is 0 Å². The lowest BCUT2D eigenvalue weighted by Crippen LogP contribution is -2.16. The standard InChI is InChI=1S/C12H16N4OS/c1-9(17)10(2)18-8-12-13-14-15-16(12)11-6-4-3-5-7-11/h3-7,9-10,17H,8H2,1-2H3. The minimum Gasteiger partial charge on any atom is -0.392 e. The van der Waals surface area contributed by atoms with E-state index in [1.54, 1.807) is 23.4 Å². The molecule has 0 aliphatic heterocycles. The van der Waals surface area contributed by atoms with Crippen molar-refractivity contribution in [1.82, 2.24) is 20.2 Å². The molecule has 0 fully saturated rings. The number of tetrazole rings is 1. The zero-order valence-corrected chi connectivity index (χ0v) is 11.2. The summed E-state index contributed by atoms with van der Waals surface area (Å²) in [5.74, 6) is 1.47. The fourth-order valence-electron chi connectivity index (χ4n) is 1.41. The summed E-state index contributed by atoms with van der Waals surface area (Å²) in [4.78, 5) is 0. The van der Waals surface area contributed by atoms with Gasteiger partial charge in [0.1, 0.15) is 0 Å². The number of nitrogens with zero attached hydrogens (tertiary/aromatic N) is 4. The van der Waals surface area contributed by atoms with Gasteiger partial charge < -0.3 is 5.11 Å². The second-order valence-electron chi connectivity index (χ2n) is 4.10. The average molecular weight is 264 g/mol. The Morgan fingerprint density at radius 2 is 2.00 bits per heavy atom. The van der Waals surface area contributed by atoms with E-state index < -0.39 is 0 Å². The molecule has 0 bridgehead atoms. The lowest BCUT2D eigenvalue weighted by Gasteiger charge is -2.13. The summed E-state index contributed by atoms with van der Waals surface area (Å²) >= 11 is 1.64. The van der Waals surface area contributed by atoms with Crippen LogP contribution in [0, 0.1) is 0 Å². The van der Waals surface area contributed by atoms with Gasteiger partial charge in [-0.05, 0) is 29.5 Å². The van der Waals surface area contributed by atoms with Gasteiger partial charge in [0.25, 0.3) is 0 Å². The molecule has 2 rings (SSSR count). The van der Waals surface area contributed by atoms with E-state index in [4.69, 9.17) is 0 Å². The molecule has 1 N–H and O–H groups in total. The van der Waals surface area contributed by atoms with E-state index in [-0.39, 0.29) is 11.4 Å². The van der Waals surface area contributed by atoms with Gasteiger partial charge in [-0.2, -0.15) is 4.68 Å². The Balaban J connectivity index is 2.09. The summed E-state index contributed by atoms with van der Waals surface area (Å²) in [6.07, 6.45) is -0.337. The van der Waals surface area contributed by atoms with E-state index in [9.17, 15) is 5.11 Å². The second kappa shape index (κ2) is 5.97. The number of rotatable bonds is 5. The first kappa shape index (κ1) is 13.0. The van der Waals surface area contributed by atoms with Crippen molar-refractivity contribution in [2.45, 2.75) is 31.0 Å². The topological polar surface area (TPSA) is 63.8 Å². The summed E-state index contributed by atoms with van der Waals surface area (Å²) in [6.45, 7) is 3.78. The summed E-state index contributed by atoms with van der Waals surface area (Å²) < 4.78 is 1.72. The Kier molecular flexibility index (Phi) is 4.33. The van der Waals surface area contributed by atoms with Crippen molar-refractivity contribution in [3.8, 4) is 5.69 Å². The van der Waals surface area contributed by atoms with Gasteiger partial charge in [-0.25, -0.2) is 0 Å². The molecule has 96 valence electrons. The fraction of sp³-hybridized carbons (Fsp3) is 0.417. The van der Waals surface area contributed by atoms with Gasteiger partial charge >= 0.3 is 0 Å². The van der Waals surface area contributed by atoms with E-state index >= 15 is 0 Å². The third-order valence-corrected chi connectivity index (χ3v) is 4.03. The van der Waals surface area contributed by atoms with Crippen molar-refractivity contribution in [2.24, 2.45) is 0 Å². The quantitative estimate of drug-likeness (QED) is 0.890. The first-order valence-electron chi connectivity index (χ1n) is 5.81. The number of aliphatic hydroxyl groups excluding tert-OH is 1. The van der Waals surface area contributed by atoms with Crippen LogP contribution in [0.2, 0.25) is 0 Å². The molecule has 0 radical (unpaired) electrons. The molecular formula is C12H16N4OS. The van der Waals surface area contributed by atoms with Gasteiger partial charge in [0, 0.05) is 5.25 Å². The Hall–Kier alpha value is -1.40. The highest BCUT2D eigenvalue weighted by molar-refractivity contribution is 7.99. The maximum absolute atomic E-state index is 9.46. The van der Waals surface area contributed by atoms with Crippen LogP contribution in [0.15, 0.2) is 30.3 Å². The van der Waals surface area contributed by atoms with Crippen molar-refractivity contribution in [3.05, 3.63) is 36.2 Å². The molecule has 0 amide bonds. The van der Waals surface area contributed by atoms with Crippen molar-refractivity contribution in [2.75, 3.05) is 0 Å². The van der Waals surface area contributed by atoms with E-state index in [2.05, 4.69) is 15.5 Å². The van der Waals surface area contributed by atoms with Gasteiger partial charge in [0.05, 0.1) is 17.5 Å². The van der Waals surface area contributed by atoms with Crippen LogP contribution in [0.4, 0.5) is 0 Å². The Labute approximate surface area is 110 Å². The van der Waals surface area contributed by atoms with Crippen LogP contribution in [-0.4, -0.2) is 36.7 Å². The van der Waals surface area contributed by atoms with Crippen molar-refractivity contribution in [3.63, 3.8) is 0 Å². The highest BCUT2D eigenvalue weighted by atomic mass is 32.2. The number of benzene rings is 1. The van der Waals surface area contributed by atoms with E-state index in [0.29, 0.717) is 5.75 Å². The van der Waals surface area contributed by atoms with Crippen LogP contribution >= 0.6 is 11.8 Å². The fourth-order valence-corrected chi connectivity index (χ4v) is 2.28. The largest absolute Gasteiger partial charge is 0.392 e. The van der Waals surface area contributed by atoms with E-state index in [1.165, 1.54) is 0 Å². The molecular weight excluding hydrogens is 248 g/mol. The van der Waals surface area contributed by atoms with Crippen molar-refractivity contribution < 1.29 is 5.11 Å². The van der Waals surface area contributed by atoms with Crippen LogP contribution in [0.1, 0.15) is 19.7 Å². The molecule has 2 aromatic rings. The van der Waals surface area contributed by atoms with Crippen LogP contribution < -0.4 is 0 Å². The van der Waals surface area contributed by atoms with Crippen LogP contribution in [-0.2, 0) is 5.75 Å². The number of hydrogen-bond acceptors (Lipinski definition) is 5. The lowest BCUT2D eigenvalue weighted by molar-refractivity contribution is 0.196. The molecule has 6 heteroatoms. The van der Waals surface area contributed by atoms with Crippen LogP contribution in [0.3, 0.4) is 0 Å². The van der Waals surface area contributed by atoms with Gasteiger partial charge in [0.15, 0.2) is 5.82 Å². The van der Waals surface area contributed by atoms with Gasteiger partial charge in [-0.15, -0.1) is 16.9 Å². The van der Waals surface area contributed by atoms with E-state index in [0.717, 1.165) is 11.5 Å². The molecule has 0 aliphatic rings. The normalized spacial score (nSPS) is 14.4. The molecule has 2 unspecified atom stereocenters. The maximum Gasteiger partial charge on any atom is 0.166 e. The molecule has 0 saturated carbocycles. The maximum atomic E-state index is 9.46. The van der Waals surface area contributed by atoms with Crippen LogP contribution in [0.5, 0.6) is 0 Å². The van der Waals surface area contributed by atoms with Gasteiger partial charge in [0.2, 0.25) is 0 Å². The summed E-state index contributed by atoms with van der Waals surface area (Å²) in [5.41, 5.74) is 0.947. The zero-order chi connectivity index (χ0) is 13.0. The molecule has 1 heterocycles. The molecule has 0 spiro atoms. The second-order valence-corrected chi connectivity index (χ2v) is 5.46. The molecule has 5 nitrogen and oxygen atoms in total. The highest BCUT2D eigenvalue weighted by Gasteiger charge is 2.13. The summed E-state index contributed by atoms with van der Waals surface area (Å²) in [7, 11) is 0. The number of thioether (sulfide) groups is 1. The molecule has 1 aromatic carbocycles. The Bertz CT molecular complexity index is 486. The predicted molar refractivity (Wildman–Crippen MR) is 71.6 cm³/mol. The molecule has 18 heavy (non-hydrogen) atoms. The summed E-state index contributed by atoms with van der Waals surface area (Å²) in [6, 6.07) is 9.78. The SMILES string of the molecule is CC(O)C(C)SCc1nnnn1-c1ccccc1. The molecule has 0 saturated heterocycles. The first-order chi connectivity index (χ1) is 8.68. The van der Waals surface area contributed by atoms with E-state index in [1.807, 2.05) is 37.3 Å². The number of para-hydroxylation sites is 1. The Morgan fingerprint density at radius 3 is 2.67 bits per heavy atom. The van der Waals surface area contributed by atoms with Gasteiger partial charge in [-0.1, -0.05) is 25.1 Å². The minimum atomic E-state index is -0.337. The highest BCUT2D eigenvalue weighted by Crippen LogP contribution is 2.19. The third-order valence-electron chi connectivity index (χ3n) is 2.69. The number of aliphatic hydroxyl groups is 1. The first-order valence-corrected chi connectivity index (χ1v) is 6.85. The molecule has 2 atom stereocenters. The average Bonchev–Trinajstić information content (AvgIpc) is 2.85. The minimum absolute atomic E-state index is 0.158. The number of hydrogen-bond donors (Lipinski definition) is 1. The molecule has 1 aromatic heterocycles. The summed E-state index contributed by atoms with van der Waals surface area (Å²) in [5, 5.41) is 21.3. The smallest absolute Gasteiger partial charge is 0.166 e. The van der Waals surface area contributed by atoms with Crippen LogP contribution in [0.25, 0.3) is 5.69 Å². The Morgan fingerprint density at radius 1 is 1.28 bits per heavy atom. The lowest BCUT2D eigenvalue weighted by atomic mass is 10.3. The third kappa shape index (κ3) is 3.08. The van der Waals surface area contributed by atoms with Gasteiger partial charge in [-0.3, -0.25) is 0 Å². The predicted octanol–water partition coefficient (Wildman–Crippen LogP) is 1.66. The zero-order valence-electron chi connectivity index (χ0n) is 10.4. The monoisotopic (exact) mass is 264 g/mol. The number of aromatic nitrogens is 4. The van der Waals surface area contributed by atoms with Crippen molar-refractivity contribution >= 4 is 11.8 Å². The molecule has 0 aliphatic carbocycles.